The highest BCUT2D eigenvalue weighted by atomic mass is 32.2. The Labute approximate surface area is 207 Å². The van der Waals surface area contributed by atoms with E-state index < -0.39 is 10.0 Å². The van der Waals surface area contributed by atoms with Gasteiger partial charge in [-0.2, -0.15) is 14.4 Å². The number of aromatic amines is 1. The van der Waals surface area contributed by atoms with E-state index in [0.29, 0.717) is 35.0 Å². The van der Waals surface area contributed by atoms with Gasteiger partial charge in [-0.15, -0.1) is 11.3 Å². The molecule has 9 nitrogen and oxygen atoms in total. The Morgan fingerprint density at radius 3 is 2.63 bits per heavy atom. The summed E-state index contributed by atoms with van der Waals surface area (Å²) in [5.41, 5.74) is 2.01. The van der Waals surface area contributed by atoms with Crippen LogP contribution < -0.4 is 10.2 Å². The molecule has 4 fully saturated rings. The van der Waals surface area contributed by atoms with Crippen molar-refractivity contribution in [3.63, 3.8) is 0 Å². The molecule has 1 aromatic carbocycles. The SMILES string of the molecule is O=S(=O)(c1cccs1)N1CC2CCC1CN2c1nc(Nc2cc(C3CC3)[nH]n2)c2ccccc2n1. The van der Waals surface area contributed by atoms with E-state index in [4.69, 9.17) is 9.97 Å². The number of hydrogen-bond acceptors (Lipinski definition) is 8. The standard InChI is InChI=1S/C24H25N7O2S2/c32-35(33,22-6-3-11-34-22)31-14-16-9-10-17(31)13-30(16)24-25-19-5-2-1-4-18(19)23(27-24)26-21-12-20(28-29-21)15-7-8-15/h1-6,11-12,15-17H,7-10,13-14H2,(H2,25,26,27,28,29). The number of para-hydroxylation sites is 1. The van der Waals surface area contributed by atoms with E-state index in [0.717, 1.165) is 35.3 Å². The predicted molar refractivity (Wildman–Crippen MR) is 136 cm³/mol. The molecule has 3 saturated heterocycles. The maximum atomic E-state index is 13.2. The summed E-state index contributed by atoms with van der Waals surface area (Å²) in [4.78, 5) is 12.0. The summed E-state index contributed by atoms with van der Waals surface area (Å²) in [5, 5.41) is 13.7. The van der Waals surface area contributed by atoms with Crippen LogP contribution in [0.3, 0.4) is 0 Å². The monoisotopic (exact) mass is 507 g/mol. The molecule has 0 spiro atoms. The normalized spacial score (nSPS) is 22.7. The van der Waals surface area contributed by atoms with Crippen LogP contribution in [0, 0.1) is 0 Å². The van der Waals surface area contributed by atoms with Crippen LogP contribution in [0.1, 0.15) is 37.3 Å². The summed E-state index contributed by atoms with van der Waals surface area (Å²) in [6, 6.07) is 13.4. The van der Waals surface area contributed by atoms with Gasteiger partial charge in [0.25, 0.3) is 10.0 Å². The van der Waals surface area contributed by atoms with Crippen molar-refractivity contribution in [2.75, 3.05) is 23.3 Å². The lowest BCUT2D eigenvalue weighted by molar-refractivity contribution is 0.178. The number of H-pyrrole nitrogens is 1. The molecule has 0 amide bonds. The lowest BCUT2D eigenvalue weighted by Gasteiger charge is -2.50. The number of piperazine rings is 1. The van der Waals surface area contributed by atoms with Gasteiger partial charge in [-0.05, 0) is 49.3 Å². The summed E-state index contributed by atoms with van der Waals surface area (Å²) in [5.74, 6) is 2.68. The lowest BCUT2D eigenvalue weighted by atomic mass is 9.93. The molecule has 2 bridgehead atoms. The van der Waals surface area contributed by atoms with Gasteiger partial charge in [0.05, 0.1) is 5.52 Å². The molecule has 2 atom stereocenters. The molecule has 6 heterocycles. The van der Waals surface area contributed by atoms with Crippen molar-refractivity contribution in [3.8, 4) is 0 Å². The number of rotatable bonds is 6. The van der Waals surface area contributed by atoms with E-state index in [-0.39, 0.29) is 12.1 Å². The minimum Gasteiger partial charge on any atom is -0.335 e. The fourth-order valence-electron chi connectivity index (χ4n) is 5.27. The van der Waals surface area contributed by atoms with E-state index in [1.54, 1.807) is 16.4 Å². The van der Waals surface area contributed by atoms with Crippen molar-refractivity contribution in [1.29, 1.82) is 0 Å². The number of aromatic nitrogens is 4. The first kappa shape index (κ1) is 21.3. The van der Waals surface area contributed by atoms with Crippen LogP contribution in [0.25, 0.3) is 10.9 Å². The maximum absolute atomic E-state index is 13.2. The van der Waals surface area contributed by atoms with E-state index in [2.05, 4.69) is 26.5 Å². The molecule has 180 valence electrons. The molecule has 1 aliphatic carbocycles. The van der Waals surface area contributed by atoms with Crippen molar-refractivity contribution in [3.05, 3.63) is 53.5 Å². The van der Waals surface area contributed by atoms with Gasteiger partial charge >= 0.3 is 0 Å². The second-order valence-corrected chi connectivity index (χ2v) is 12.6. The van der Waals surface area contributed by atoms with Crippen LogP contribution in [0.2, 0.25) is 0 Å². The van der Waals surface area contributed by atoms with Crippen molar-refractivity contribution >= 4 is 49.8 Å². The number of nitrogens with one attached hydrogen (secondary N) is 2. The third-order valence-electron chi connectivity index (χ3n) is 7.25. The zero-order chi connectivity index (χ0) is 23.6. The van der Waals surface area contributed by atoms with Crippen LogP contribution >= 0.6 is 11.3 Å². The number of hydrogen-bond donors (Lipinski definition) is 2. The number of sulfonamides is 1. The van der Waals surface area contributed by atoms with Gasteiger partial charge < -0.3 is 10.2 Å². The van der Waals surface area contributed by atoms with Crippen LogP contribution in [0.4, 0.5) is 17.6 Å². The topological polar surface area (TPSA) is 107 Å². The Balaban J connectivity index is 1.21. The number of benzene rings is 1. The number of thiophene rings is 1. The lowest BCUT2D eigenvalue weighted by Crippen LogP contribution is -2.64. The Hall–Kier alpha value is -3.02. The van der Waals surface area contributed by atoms with Crippen LogP contribution in [-0.4, -0.2) is 58.1 Å². The highest BCUT2D eigenvalue weighted by Crippen LogP contribution is 2.40. The zero-order valence-electron chi connectivity index (χ0n) is 19.0. The van der Waals surface area contributed by atoms with E-state index in [9.17, 15) is 8.42 Å². The average Bonchev–Trinajstić information content (AvgIpc) is 3.37. The Morgan fingerprint density at radius 2 is 1.86 bits per heavy atom. The quantitative estimate of drug-likeness (QED) is 0.405. The molecule has 3 aliphatic heterocycles. The summed E-state index contributed by atoms with van der Waals surface area (Å²) in [6.45, 7) is 1.04. The fourth-order valence-corrected chi connectivity index (χ4v) is 8.07. The van der Waals surface area contributed by atoms with Gasteiger partial charge in [0.15, 0.2) is 5.82 Å². The zero-order valence-corrected chi connectivity index (χ0v) is 20.6. The van der Waals surface area contributed by atoms with Gasteiger partial charge in [-0.1, -0.05) is 18.2 Å². The Morgan fingerprint density at radius 1 is 1.00 bits per heavy atom. The Kier molecular flexibility index (Phi) is 4.87. The fraction of sp³-hybridized carbons (Fsp3) is 0.375. The summed E-state index contributed by atoms with van der Waals surface area (Å²) >= 11 is 1.27. The predicted octanol–water partition coefficient (Wildman–Crippen LogP) is 4.08. The first-order valence-corrected chi connectivity index (χ1v) is 14.3. The molecule has 3 aromatic heterocycles. The molecular weight excluding hydrogens is 482 g/mol. The molecule has 2 N–H and O–H groups in total. The van der Waals surface area contributed by atoms with E-state index in [1.165, 1.54) is 24.2 Å². The largest absolute Gasteiger partial charge is 0.335 e. The molecule has 2 unspecified atom stereocenters. The van der Waals surface area contributed by atoms with E-state index in [1.807, 2.05) is 29.6 Å². The van der Waals surface area contributed by atoms with Crippen LogP contribution in [0.5, 0.6) is 0 Å². The first-order valence-electron chi connectivity index (χ1n) is 12.0. The molecule has 35 heavy (non-hydrogen) atoms. The number of fused-ring (bicyclic) bond motifs is 4. The second-order valence-electron chi connectivity index (χ2n) is 9.54. The van der Waals surface area contributed by atoms with Gasteiger partial charge in [-0.25, -0.2) is 13.4 Å². The molecule has 1 saturated carbocycles. The van der Waals surface area contributed by atoms with Crippen LogP contribution in [0.15, 0.2) is 52.1 Å². The summed E-state index contributed by atoms with van der Waals surface area (Å²) in [6.07, 6.45) is 4.18. The molecule has 8 rings (SSSR count). The number of piperidine rings is 2. The smallest absolute Gasteiger partial charge is 0.252 e. The van der Waals surface area contributed by atoms with Crippen molar-refractivity contribution in [2.45, 2.75) is 47.9 Å². The minimum absolute atomic E-state index is 0.0376. The van der Waals surface area contributed by atoms with Gasteiger partial charge in [-0.3, -0.25) is 5.10 Å². The summed E-state index contributed by atoms with van der Waals surface area (Å²) < 4.78 is 28.6. The molecule has 4 aromatic rings. The van der Waals surface area contributed by atoms with Crippen molar-refractivity contribution in [2.24, 2.45) is 0 Å². The Bertz CT molecular complexity index is 1500. The maximum Gasteiger partial charge on any atom is 0.252 e. The first-order chi connectivity index (χ1) is 17.1. The van der Waals surface area contributed by atoms with Gasteiger partial charge in [0.2, 0.25) is 5.95 Å². The number of anilines is 3. The third kappa shape index (κ3) is 3.69. The van der Waals surface area contributed by atoms with Crippen molar-refractivity contribution in [1.82, 2.24) is 24.5 Å². The van der Waals surface area contributed by atoms with Crippen molar-refractivity contribution < 1.29 is 8.42 Å². The van der Waals surface area contributed by atoms with E-state index >= 15 is 0 Å². The summed E-state index contributed by atoms with van der Waals surface area (Å²) in [7, 11) is -3.48. The third-order valence-corrected chi connectivity index (χ3v) is 10.5. The van der Waals surface area contributed by atoms with Gasteiger partial charge in [0.1, 0.15) is 10.0 Å². The highest BCUT2D eigenvalue weighted by Gasteiger charge is 2.45. The molecular formula is C24H25N7O2S2. The van der Waals surface area contributed by atoms with Gasteiger partial charge in [0, 0.05) is 48.2 Å². The molecule has 11 heteroatoms. The van der Waals surface area contributed by atoms with Crippen LogP contribution in [-0.2, 0) is 10.0 Å². The average molecular weight is 508 g/mol. The molecule has 0 radical (unpaired) electrons. The highest BCUT2D eigenvalue weighted by molar-refractivity contribution is 7.91. The molecule has 4 aliphatic rings. The second kappa shape index (κ2) is 8.00. The number of nitrogens with zero attached hydrogens (tertiary/aromatic N) is 5. The minimum atomic E-state index is -3.48.